The van der Waals surface area contributed by atoms with Crippen molar-refractivity contribution in [1.82, 2.24) is 14.9 Å². The highest BCUT2D eigenvalue weighted by Gasteiger charge is 2.33. The van der Waals surface area contributed by atoms with Gasteiger partial charge in [-0.15, -0.1) is 0 Å². The average Bonchev–Trinajstić information content (AvgIpc) is 2.58. The van der Waals surface area contributed by atoms with Crippen molar-refractivity contribution < 1.29 is 14.4 Å². The third-order valence-electron chi connectivity index (χ3n) is 1.76. The molecular formula is C8H7Cl3N3O3P. The van der Waals surface area contributed by atoms with Crippen LogP contribution in [0.3, 0.4) is 0 Å². The maximum atomic E-state index is 11.7. The van der Waals surface area contributed by atoms with Crippen molar-refractivity contribution in [2.45, 2.75) is 17.6 Å². The van der Waals surface area contributed by atoms with Crippen molar-refractivity contribution in [3.63, 3.8) is 0 Å². The van der Waals surface area contributed by atoms with E-state index in [4.69, 9.17) is 34.8 Å². The number of halogens is 3. The van der Waals surface area contributed by atoms with Crippen molar-refractivity contribution >= 4 is 60.9 Å². The van der Waals surface area contributed by atoms with Gasteiger partial charge in [0.05, 0.1) is 14.0 Å². The normalized spacial score (nSPS) is 11.6. The Morgan fingerprint density at radius 2 is 1.89 bits per heavy atom. The predicted octanol–water partition coefficient (Wildman–Crippen LogP) is 2.06. The minimum atomic E-state index is -2.23. The number of nitrogens with one attached hydrogen (secondary N) is 1. The minimum absolute atomic E-state index is 0.146. The van der Waals surface area contributed by atoms with Crippen molar-refractivity contribution in [3.8, 4) is 0 Å². The van der Waals surface area contributed by atoms with E-state index < -0.39 is 15.6 Å². The first kappa shape index (κ1) is 15.4. The van der Waals surface area contributed by atoms with Gasteiger partial charge in [0.2, 0.25) is 5.91 Å². The fourth-order valence-electron chi connectivity index (χ4n) is 0.963. The Hall–Kier alpha value is -0.680. The Labute approximate surface area is 119 Å². The van der Waals surface area contributed by atoms with Crippen LogP contribution in [0.2, 0.25) is 0 Å². The summed E-state index contributed by atoms with van der Waals surface area (Å²) in [4.78, 5) is 34.1. The zero-order chi connectivity index (χ0) is 14.1. The van der Waals surface area contributed by atoms with Crippen molar-refractivity contribution in [2.24, 2.45) is 0 Å². The van der Waals surface area contributed by atoms with E-state index in [0.717, 1.165) is 4.44 Å². The highest BCUT2D eigenvalue weighted by Crippen LogP contribution is 2.26. The number of rotatable bonds is 1. The second-order valence-electron chi connectivity index (χ2n) is 3.22. The van der Waals surface area contributed by atoms with Crippen LogP contribution in [0, 0.1) is 6.92 Å². The van der Waals surface area contributed by atoms with Crippen molar-refractivity contribution in [2.75, 3.05) is 0 Å². The van der Waals surface area contributed by atoms with E-state index in [1.165, 1.54) is 13.8 Å². The van der Waals surface area contributed by atoms with Crippen molar-refractivity contribution in [3.05, 3.63) is 11.0 Å². The molecule has 0 unspecified atom stereocenters. The molecule has 0 radical (unpaired) electrons. The zero-order valence-electron chi connectivity index (χ0n) is 9.20. The Bertz CT molecular complexity index is 523. The quantitative estimate of drug-likeness (QED) is 0.799. The van der Waals surface area contributed by atoms with Gasteiger partial charge in [0.25, 0.3) is 15.6 Å². The number of hydrogen-bond donors (Lipinski definition) is 1. The van der Waals surface area contributed by atoms with Crippen molar-refractivity contribution in [1.29, 1.82) is 0 Å². The summed E-state index contributed by atoms with van der Waals surface area (Å²) in [6.07, 6.45) is 0. The number of aryl methyl sites for hydroxylation is 1. The summed E-state index contributed by atoms with van der Waals surface area (Å²) in [6.45, 7) is 2.84. The summed E-state index contributed by atoms with van der Waals surface area (Å²) in [5.74, 6) is -2.14. The number of nitrogens with zero attached hydrogens (tertiary/aromatic N) is 2. The zero-order valence-corrected chi connectivity index (χ0v) is 12.4. The van der Waals surface area contributed by atoms with Crippen LogP contribution in [0.25, 0.3) is 0 Å². The first-order valence-corrected chi connectivity index (χ1v) is 6.48. The van der Waals surface area contributed by atoms with Gasteiger partial charge in [-0.25, -0.2) is 0 Å². The third kappa shape index (κ3) is 3.65. The summed E-state index contributed by atoms with van der Waals surface area (Å²) in [6, 6.07) is 0. The fourth-order valence-corrected chi connectivity index (χ4v) is 1.95. The Balaban J connectivity index is 2.92. The minimum Gasteiger partial charge on any atom is -0.288 e. The number of carbonyl (C=O) groups is 3. The van der Waals surface area contributed by atoms with Gasteiger partial charge in [-0.1, -0.05) is 34.8 Å². The van der Waals surface area contributed by atoms with Crippen LogP contribution in [0.5, 0.6) is 0 Å². The average molecular weight is 330 g/mol. The largest absolute Gasteiger partial charge is 0.288 e. The molecule has 2 amide bonds. The molecule has 6 nitrogen and oxygen atoms in total. The van der Waals surface area contributed by atoms with Crippen LogP contribution in [0.4, 0.5) is 0 Å². The van der Waals surface area contributed by atoms with Gasteiger partial charge < -0.3 is 0 Å². The molecule has 1 aromatic rings. The lowest BCUT2D eigenvalue weighted by atomic mass is 10.4. The Morgan fingerprint density at radius 1 is 1.33 bits per heavy atom. The molecule has 1 N–H and O–H groups in total. The third-order valence-corrected chi connectivity index (χ3v) is 3.57. The fraction of sp³-hybridized carbons (Fsp3) is 0.375. The number of carbonyl (C=O) groups excluding carboxylic acids is 3. The van der Waals surface area contributed by atoms with Crippen LogP contribution in [-0.2, 0) is 4.79 Å². The SMILES string of the molecule is CC(=O)n1nc(C)c(C(=O)NC(=O)C(Cl)(Cl)Cl)p1. The van der Waals surface area contributed by atoms with Crippen LogP contribution < -0.4 is 5.32 Å². The summed E-state index contributed by atoms with van der Waals surface area (Å²) < 4.78 is -1.15. The molecule has 10 heteroatoms. The maximum Gasteiger partial charge on any atom is 0.278 e. The number of amides is 2. The molecule has 1 heterocycles. The van der Waals surface area contributed by atoms with Crippen LogP contribution in [0.1, 0.15) is 27.5 Å². The Kier molecular flexibility index (Phi) is 4.72. The summed E-state index contributed by atoms with van der Waals surface area (Å²) in [5.41, 5.74) is 0.321. The molecule has 0 atom stereocenters. The molecule has 0 fully saturated rings. The second kappa shape index (κ2) is 5.53. The smallest absolute Gasteiger partial charge is 0.278 e. The lowest BCUT2D eigenvalue weighted by Crippen LogP contribution is -2.38. The van der Waals surface area contributed by atoms with Crippen LogP contribution in [-0.4, -0.2) is 31.1 Å². The second-order valence-corrected chi connectivity index (χ2v) is 6.53. The molecule has 0 saturated carbocycles. The van der Waals surface area contributed by atoms with Gasteiger partial charge in [0, 0.05) is 6.92 Å². The number of hydrogen-bond acceptors (Lipinski definition) is 4. The summed E-state index contributed by atoms with van der Waals surface area (Å²) in [5, 5.41) is 5.90. The van der Waals surface area contributed by atoms with E-state index in [0.29, 0.717) is 5.69 Å². The van der Waals surface area contributed by atoms with Gasteiger partial charge in [0.1, 0.15) is 5.30 Å². The molecule has 0 aromatic carbocycles. The first-order valence-electron chi connectivity index (χ1n) is 4.50. The molecule has 18 heavy (non-hydrogen) atoms. The van der Waals surface area contributed by atoms with Gasteiger partial charge in [0.15, 0.2) is 0 Å². The summed E-state index contributed by atoms with van der Waals surface area (Å²) in [7, 11) is 0.254. The monoisotopic (exact) mass is 329 g/mol. The molecule has 1 aromatic heterocycles. The molecule has 0 spiro atoms. The van der Waals surface area contributed by atoms with E-state index in [1.807, 2.05) is 5.32 Å². The molecule has 0 aliphatic rings. The van der Waals surface area contributed by atoms with E-state index in [1.54, 1.807) is 0 Å². The van der Waals surface area contributed by atoms with Gasteiger partial charge in [-0.3, -0.25) is 19.7 Å². The highest BCUT2D eigenvalue weighted by molar-refractivity contribution is 7.29. The molecule has 1 rings (SSSR count). The summed E-state index contributed by atoms with van der Waals surface area (Å²) >= 11 is 15.9. The highest BCUT2D eigenvalue weighted by atomic mass is 35.6. The van der Waals surface area contributed by atoms with Gasteiger partial charge in [-0.2, -0.15) is 9.54 Å². The lowest BCUT2D eigenvalue weighted by Gasteiger charge is -2.09. The Morgan fingerprint density at radius 3 is 2.28 bits per heavy atom. The standard InChI is InChI=1S/C8H7Cl3N3O3P/c1-3-5(18-14(13-3)4(2)15)6(16)12-7(17)8(9,10)11/h1-2H3,(H,12,16,17). The van der Waals surface area contributed by atoms with E-state index in [2.05, 4.69) is 5.10 Å². The van der Waals surface area contributed by atoms with Gasteiger partial charge >= 0.3 is 0 Å². The molecule has 0 bridgehead atoms. The van der Waals surface area contributed by atoms with E-state index in [9.17, 15) is 14.4 Å². The molecular weight excluding hydrogens is 323 g/mol. The van der Waals surface area contributed by atoms with Crippen LogP contribution in [0.15, 0.2) is 0 Å². The molecule has 0 aliphatic heterocycles. The predicted molar refractivity (Wildman–Crippen MR) is 68.5 cm³/mol. The van der Waals surface area contributed by atoms with E-state index in [-0.39, 0.29) is 19.6 Å². The number of alkyl halides is 3. The molecule has 0 aliphatic carbocycles. The first-order chi connectivity index (χ1) is 8.12. The maximum absolute atomic E-state index is 11.7. The molecule has 98 valence electrons. The van der Waals surface area contributed by atoms with E-state index >= 15 is 0 Å². The molecule has 0 saturated heterocycles. The lowest BCUT2D eigenvalue weighted by molar-refractivity contribution is -0.119. The number of imide groups is 1. The topological polar surface area (TPSA) is 81.1 Å². The van der Waals surface area contributed by atoms with Crippen LogP contribution >= 0.6 is 43.2 Å². The van der Waals surface area contributed by atoms with Gasteiger partial charge in [-0.05, 0) is 6.92 Å². The number of aromatic nitrogens is 2.